The summed E-state index contributed by atoms with van der Waals surface area (Å²) >= 11 is 5.69. The summed E-state index contributed by atoms with van der Waals surface area (Å²) in [6, 6.07) is 8.30. The van der Waals surface area contributed by atoms with E-state index in [-0.39, 0.29) is 22.7 Å². The molecule has 1 atom stereocenters. The Bertz CT molecular complexity index is 854. The molecule has 28 heavy (non-hydrogen) atoms. The Morgan fingerprint density at radius 2 is 1.93 bits per heavy atom. The van der Waals surface area contributed by atoms with Gasteiger partial charge in [-0.1, -0.05) is 31.5 Å². The van der Waals surface area contributed by atoms with Gasteiger partial charge in [0.1, 0.15) is 18.4 Å². The number of benzene rings is 1. The number of nitrogens with zero attached hydrogens (tertiary/aromatic N) is 1. The number of hydrogen-bond donors (Lipinski definition) is 1. The quantitative estimate of drug-likeness (QED) is 0.587. The van der Waals surface area contributed by atoms with E-state index in [0.717, 1.165) is 5.56 Å². The summed E-state index contributed by atoms with van der Waals surface area (Å²) in [5, 5.41) is 3.18. The highest BCUT2D eigenvalue weighted by molar-refractivity contribution is 6.29. The Morgan fingerprint density at radius 1 is 1.18 bits per heavy atom. The molecular weight excluding hydrogens is 384 g/mol. The van der Waals surface area contributed by atoms with E-state index >= 15 is 0 Å². The molecule has 3 rings (SSSR count). The summed E-state index contributed by atoms with van der Waals surface area (Å²) in [7, 11) is 0. The van der Waals surface area contributed by atoms with Crippen molar-refractivity contribution < 1.29 is 23.8 Å². The Hall–Kier alpha value is -2.80. The van der Waals surface area contributed by atoms with E-state index in [9.17, 15) is 9.59 Å². The van der Waals surface area contributed by atoms with E-state index in [1.807, 2.05) is 32.0 Å². The molecule has 1 aromatic heterocycles. The molecular formula is C20H21ClN2O5. The van der Waals surface area contributed by atoms with Crippen LogP contribution in [-0.2, 0) is 9.53 Å². The highest BCUT2D eigenvalue weighted by atomic mass is 35.5. The first-order valence-electron chi connectivity index (χ1n) is 8.91. The maximum atomic E-state index is 12.3. The van der Waals surface area contributed by atoms with Crippen LogP contribution in [0.3, 0.4) is 0 Å². The highest BCUT2D eigenvalue weighted by Gasteiger charge is 2.22. The highest BCUT2D eigenvalue weighted by Crippen LogP contribution is 2.34. The van der Waals surface area contributed by atoms with Gasteiger partial charge in [0.05, 0.1) is 11.6 Å². The lowest BCUT2D eigenvalue weighted by Crippen LogP contribution is -2.35. The van der Waals surface area contributed by atoms with Gasteiger partial charge in [-0.05, 0) is 35.7 Å². The van der Waals surface area contributed by atoms with Gasteiger partial charge in [0, 0.05) is 6.20 Å². The van der Waals surface area contributed by atoms with Crippen LogP contribution in [0.25, 0.3) is 0 Å². The lowest BCUT2D eigenvalue weighted by Gasteiger charge is -2.25. The summed E-state index contributed by atoms with van der Waals surface area (Å²) in [6.07, 6.45) is 1.30. The molecule has 0 fully saturated rings. The number of esters is 1. The lowest BCUT2D eigenvalue weighted by molar-refractivity contribution is -0.125. The minimum Gasteiger partial charge on any atom is -0.486 e. The molecule has 0 bridgehead atoms. The fourth-order valence-corrected chi connectivity index (χ4v) is 2.93. The van der Waals surface area contributed by atoms with Gasteiger partial charge in [-0.25, -0.2) is 9.78 Å². The fraction of sp³-hybridized carbons (Fsp3) is 0.350. The number of hydrogen-bond acceptors (Lipinski definition) is 6. The molecule has 1 aliphatic heterocycles. The molecule has 148 valence electrons. The zero-order valence-electron chi connectivity index (χ0n) is 15.6. The summed E-state index contributed by atoms with van der Waals surface area (Å²) in [5.41, 5.74) is 1.12. The zero-order valence-corrected chi connectivity index (χ0v) is 16.4. The van der Waals surface area contributed by atoms with E-state index in [0.29, 0.717) is 24.7 Å². The van der Waals surface area contributed by atoms with Gasteiger partial charge < -0.3 is 19.5 Å². The van der Waals surface area contributed by atoms with Crippen molar-refractivity contribution in [3.05, 3.63) is 52.8 Å². The number of pyridine rings is 1. The average Bonchev–Trinajstić information content (AvgIpc) is 2.70. The molecule has 0 radical (unpaired) electrons. The second-order valence-electron chi connectivity index (χ2n) is 6.64. The molecule has 8 heteroatoms. The molecule has 1 amide bonds. The SMILES string of the molecule is CC(C)[C@@H](NC(=O)COC(=O)c1ccc(Cl)nc1)c1ccc2c(c1)OCCO2. The third-order valence-corrected chi connectivity index (χ3v) is 4.43. The Kier molecular flexibility index (Phi) is 6.36. The van der Waals surface area contributed by atoms with Gasteiger partial charge in [0.2, 0.25) is 0 Å². The zero-order chi connectivity index (χ0) is 20.1. The van der Waals surface area contributed by atoms with Gasteiger partial charge in [-0.2, -0.15) is 0 Å². The van der Waals surface area contributed by atoms with Crippen LogP contribution in [0.2, 0.25) is 5.15 Å². The van der Waals surface area contributed by atoms with E-state index in [1.54, 1.807) is 0 Å². The summed E-state index contributed by atoms with van der Waals surface area (Å²) < 4.78 is 16.2. The second kappa shape index (κ2) is 8.93. The minimum absolute atomic E-state index is 0.114. The standard InChI is InChI=1S/C20H21ClN2O5/c1-12(2)19(13-3-5-15-16(9-13)27-8-7-26-15)23-18(24)11-28-20(25)14-4-6-17(21)22-10-14/h3-6,9-10,12,19H,7-8,11H2,1-2H3,(H,23,24)/t19-/m1/s1. The third kappa shape index (κ3) is 4.92. The minimum atomic E-state index is -0.639. The van der Waals surface area contributed by atoms with Gasteiger partial charge >= 0.3 is 5.97 Å². The number of amides is 1. The molecule has 0 unspecified atom stereocenters. The monoisotopic (exact) mass is 404 g/mol. The van der Waals surface area contributed by atoms with Crippen molar-refractivity contribution in [2.75, 3.05) is 19.8 Å². The molecule has 1 N–H and O–H groups in total. The predicted molar refractivity (Wildman–Crippen MR) is 103 cm³/mol. The number of ether oxygens (including phenoxy) is 3. The molecule has 2 heterocycles. The Morgan fingerprint density at radius 3 is 2.61 bits per heavy atom. The topological polar surface area (TPSA) is 86.8 Å². The fourth-order valence-electron chi connectivity index (χ4n) is 2.81. The van der Waals surface area contributed by atoms with E-state index in [4.69, 9.17) is 25.8 Å². The van der Waals surface area contributed by atoms with Crippen molar-refractivity contribution in [1.29, 1.82) is 0 Å². The smallest absolute Gasteiger partial charge is 0.340 e. The van der Waals surface area contributed by atoms with E-state index < -0.39 is 18.5 Å². The van der Waals surface area contributed by atoms with Crippen LogP contribution < -0.4 is 14.8 Å². The van der Waals surface area contributed by atoms with Crippen LogP contribution in [0, 0.1) is 5.92 Å². The van der Waals surface area contributed by atoms with Gasteiger partial charge in [-0.15, -0.1) is 0 Å². The van der Waals surface area contributed by atoms with Crippen LogP contribution in [-0.4, -0.2) is 36.7 Å². The molecule has 0 aliphatic carbocycles. The third-order valence-electron chi connectivity index (χ3n) is 4.21. The molecule has 2 aromatic rings. The average molecular weight is 405 g/mol. The maximum Gasteiger partial charge on any atom is 0.340 e. The number of halogens is 1. The first-order chi connectivity index (χ1) is 13.4. The first-order valence-corrected chi connectivity index (χ1v) is 9.29. The first kappa shape index (κ1) is 19.9. The number of rotatable bonds is 6. The molecule has 1 aliphatic rings. The van der Waals surface area contributed by atoms with Crippen molar-refractivity contribution >= 4 is 23.5 Å². The van der Waals surface area contributed by atoms with E-state index in [1.165, 1.54) is 18.3 Å². The van der Waals surface area contributed by atoms with Crippen LogP contribution in [0.15, 0.2) is 36.5 Å². The van der Waals surface area contributed by atoms with Crippen molar-refractivity contribution in [2.45, 2.75) is 19.9 Å². The maximum absolute atomic E-state index is 12.3. The second-order valence-corrected chi connectivity index (χ2v) is 7.03. The van der Waals surface area contributed by atoms with Crippen molar-refractivity contribution in [3.63, 3.8) is 0 Å². The number of carbonyl (C=O) groups is 2. The van der Waals surface area contributed by atoms with Crippen LogP contribution in [0.4, 0.5) is 0 Å². The summed E-state index contributed by atoms with van der Waals surface area (Å²) in [6.45, 7) is 4.60. The van der Waals surface area contributed by atoms with Crippen molar-refractivity contribution in [1.82, 2.24) is 10.3 Å². The number of carbonyl (C=O) groups excluding carboxylic acids is 2. The largest absolute Gasteiger partial charge is 0.486 e. The number of nitrogens with one attached hydrogen (secondary N) is 1. The summed E-state index contributed by atoms with van der Waals surface area (Å²) in [4.78, 5) is 28.1. The number of fused-ring (bicyclic) bond motifs is 1. The molecule has 7 nitrogen and oxygen atoms in total. The predicted octanol–water partition coefficient (Wildman–Crippen LogP) is 3.18. The molecule has 1 aromatic carbocycles. The normalized spacial score (nSPS) is 13.7. The van der Waals surface area contributed by atoms with Crippen LogP contribution in [0.5, 0.6) is 11.5 Å². The van der Waals surface area contributed by atoms with Gasteiger partial charge in [-0.3, -0.25) is 4.79 Å². The van der Waals surface area contributed by atoms with Gasteiger partial charge in [0.25, 0.3) is 5.91 Å². The number of aromatic nitrogens is 1. The Balaban J connectivity index is 1.61. The van der Waals surface area contributed by atoms with E-state index in [2.05, 4.69) is 10.3 Å². The van der Waals surface area contributed by atoms with Crippen LogP contribution >= 0.6 is 11.6 Å². The van der Waals surface area contributed by atoms with Crippen LogP contribution in [0.1, 0.15) is 35.8 Å². The molecule has 0 spiro atoms. The lowest BCUT2D eigenvalue weighted by atomic mass is 9.95. The molecule has 0 saturated heterocycles. The van der Waals surface area contributed by atoms with Gasteiger partial charge in [0.15, 0.2) is 18.1 Å². The Labute approximate surface area is 168 Å². The van der Waals surface area contributed by atoms with Crippen molar-refractivity contribution in [3.8, 4) is 11.5 Å². The van der Waals surface area contributed by atoms with Crippen molar-refractivity contribution in [2.24, 2.45) is 5.92 Å². The summed E-state index contributed by atoms with van der Waals surface area (Å²) in [5.74, 6) is 0.422. The molecule has 0 saturated carbocycles.